The van der Waals surface area contributed by atoms with E-state index in [4.69, 9.17) is 5.73 Å². The summed E-state index contributed by atoms with van der Waals surface area (Å²) in [6.45, 7) is 5.70. The topological polar surface area (TPSA) is 56.7 Å². The molecular weight excluding hydrogens is 267 g/mol. The van der Waals surface area contributed by atoms with E-state index in [-0.39, 0.29) is 11.7 Å². The van der Waals surface area contributed by atoms with Crippen LogP contribution in [0.5, 0.6) is 0 Å². The second-order valence-electron chi connectivity index (χ2n) is 5.89. The zero-order valence-electron chi connectivity index (χ0n) is 12.7. The van der Waals surface area contributed by atoms with Crippen LogP contribution in [0.4, 0.5) is 4.39 Å². The van der Waals surface area contributed by atoms with Crippen molar-refractivity contribution in [1.82, 2.24) is 14.8 Å². The lowest BCUT2D eigenvalue weighted by molar-refractivity contribution is 0.439. The molecule has 1 atom stereocenters. The molecule has 4 nitrogen and oxygen atoms in total. The predicted octanol–water partition coefficient (Wildman–Crippen LogP) is 2.43. The second kappa shape index (κ2) is 7.31. The molecule has 1 unspecified atom stereocenters. The van der Waals surface area contributed by atoms with Crippen molar-refractivity contribution in [2.24, 2.45) is 17.6 Å². The molecule has 0 bridgehead atoms. The number of nitrogens with zero attached hydrogens (tertiary/aromatic N) is 3. The van der Waals surface area contributed by atoms with Crippen LogP contribution in [0.2, 0.25) is 0 Å². The minimum absolute atomic E-state index is 0.203. The molecule has 2 N–H and O–H groups in total. The zero-order valence-corrected chi connectivity index (χ0v) is 12.7. The summed E-state index contributed by atoms with van der Waals surface area (Å²) < 4.78 is 15.2. The number of benzene rings is 1. The average molecular weight is 290 g/mol. The number of hydrogen-bond acceptors (Lipinski definition) is 3. The van der Waals surface area contributed by atoms with E-state index in [9.17, 15) is 4.39 Å². The molecule has 2 aromatic rings. The molecule has 0 saturated heterocycles. The summed E-state index contributed by atoms with van der Waals surface area (Å²) in [5, 5.41) is 4.27. The molecule has 0 spiro atoms. The van der Waals surface area contributed by atoms with Gasteiger partial charge >= 0.3 is 0 Å². The highest BCUT2D eigenvalue weighted by Crippen LogP contribution is 2.14. The van der Waals surface area contributed by atoms with Crippen LogP contribution < -0.4 is 5.73 Å². The molecule has 1 aromatic heterocycles. The SMILES string of the molecule is CC(C)Cn1ncnc1CC(CN)Cc1cccc(F)c1. The molecule has 114 valence electrons. The summed E-state index contributed by atoms with van der Waals surface area (Å²) in [6.07, 6.45) is 3.11. The van der Waals surface area contributed by atoms with Gasteiger partial charge in [0.2, 0.25) is 0 Å². The summed E-state index contributed by atoms with van der Waals surface area (Å²) in [5.74, 6) is 1.51. The summed E-state index contributed by atoms with van der Waals surface area (Å²) >= 11 is 0. The van der Waals surface area contributed by atoms with Crippen LogP contribution in [-0.4, -0.2) is 21.3 Å². The predicted molar refractivity (Wildman–Crippen MR) is 81.2 cm³/mol. The molecule has 0 aliphatic rings. The normalized spacial score (nSPS) is 12.8. The van der Waals surface area contributed by atoms with Gasteiger partial charge < -0.3 is 5.73 Å². The van der Waals surface area contributed by atoms with Crippen LogP contribution in [0.25, 0.3) is 0 Å². The molecule has 21 heavy (non-hydrogen) atoms. The maximum absolute atomic E-state index is 13.2. The van der Waals surface area contributed by atoms with Crippen molar-refractivity contribution in [3.8, 4) is 0 Å². The smallest absolute Gasteiger partial charge is 0.138 e. The zero-order chi connectivity index (χ0) is 15.2. The fraction of sp³-hybridized carbons (Fsp3) is 0.500. The quantitative estimate of drug-likeness (QED) is 0.852. The Balaban J connectivity index is 2.04. The number of halogens is 1. The second-order valence-corrected chi connectivity index (χ2v) is 5.89. The summed E-state index contributed by atoms with van der Waals surface area (Å²) in [6, 6.07) is 6.70. The Bertz CT molecular complexity index is 565. The van der Waals surface area contributed by atoms with Crippen LogP contribution in [0.15, 0.2) is 30.6 Å². The van der Waals surface area contributed by atoms with Crippen LogP contribution >= 0.6 is 0 Å². The Morgan fingerprint density at radius 1 is 1.29 bits per heavy atom. The highest BCUT2D eigenvalue weighted by atomic mass is 19.1. The van der Waals surface area contributed by atoms with Crippen LogP contribution in [0, 0.1) is 17.7 Å². The maximum atomic E-state index is 13.2. The van der Waals surface area contributed by atoms with Crippen molar-refractivity contribution in [1.29, 1.82) is 0 Å². The molecule has 2 rings (SSSR count). The Labute approximate surface area is 125 Å². The van der Waals surface area contributed by atoms with Crippen LogP contribution in [0.1, 0.15) is 25.2 Å². The third kappa shape index (κ3) is 4.63. The summed E-state index contributed by atoms with van der Waals surface area (Å²) in [7, 11) is 0. The van der Waals surface area contributed by atoms with Crippen LogP contribution in [0.3, 0.4) is 0 Å². The minimum atomic E-state index is -0.203. The largest absolute Gasteiger partial charge is 0.330 e. The minimum Gasteiger partial charge on any atom is -0.330 e. The van der Waals surface area contributed by atoms with E-state index in [1.54, 1.807) is 18.5 Å². The monoisotopic (exact) mass is 290 g/mol. The molecule has 0 amide bonds. The number of rotatable bonds is 7. The van der Waals surface area contributed by atoms with Gasteiger partial charge in [0.15, 0.2) is 0 Å². The van der Waals surface area contributed by atoms with Crippen molar-refractivity contribution in [3.05, 3.63) is 47.8 Å². The molecule has 0 fully saturated rings. The van der Waals surface area contributed by atoms with Gasteiger partial charge in [0, 0.05) is 13.0 Å². The van der Waals surface area contributed by atoms with Gasteiger partial charge in [0.1, 0.15) is 18.0 Å². The third-order valence-electron chi connectivity index (χ3n) is 3.45. The third-order valence-corrected chi connectivity index (χ3v) is 3.45. The van der Waals surface area contributed by atoms with Gasteiger partial charge in [-0.2, -0.15) is 5.10 Å². The number of nitrogens with two attached hydrogens (primary N) is 1. The fourth-order valence-corrected chi connectivity index (χ4v) is 2.44. The molecule has 1 aromatic carbocycles. The lowest BCUT2D eigenvalue weighted by Gasteiger charge is -2.16. The van der Waals surface area contributed by atoms with Crippen LogP contribution in [-0.2, 0) is 19.4 Å². The highest BCUT2D eigenvalue weighted by Gasteiger charge is 2.14. The first-order chi connectivity index (χ1) is 10.1. The van der Waals surface area contributed by atoms with E-state index in [0.717, 1.165) is 30.8 Å². The standard InChI is InChI=1S/C16H23FN4/c1-12(2)10-21-16(19-11-20-21)8-14(9-18)6-13-4-3-5-15(17)7-13/h3-5,7,11-12,14H,6,8-10,18H2,1-2H3. The fourth-order valence-electron chi connectivity index (χ4n) is 2.44. The van der Waals surface area contributed by atoms with E-state index < -0.39 is 0 Å². The molecule has 0 aliphatic heterocycles. The van der Waals surface area contributed by atoms with E-state index >= 15 is 0 Å². The maximum Gasteiger partial charge on any atom is 0.138 e. The molecule has 5 heteroatoms. The molecule has 0 aliphatic carbocycles. The van der Waals surface area contributed by atoms with Crippen molar-refractivity contribution in [3.63, 3.8) is 0 Å². The van der Waals surface area contributed by atoms with Gasteiger partial charge in [0.25, 0.3) is 0 Å². The molecule has 1 heterocycles. The Kier molecular flexibility index (Phi) is 5.44. The Hall–Kier alpha value is -1.75. The molecule has 0 saturated carbocycles. The lowest BCUT2D eigenvalue weighted by Crippen LogP contribution is -2.22. The van der Waals surface area contributed by atoms with E-state index in [1.165, 1.54) is 6.07 Å². The van der Waals surface area contributed by atoms with Crippen molar-refractivity contribution in [2.75, 3.05) is 6.54 Å². The van der Waals surface area contributed by atoms with Gasteiger partial charge in [-0.25, -0.2) is 14.1 Å². The van der Waals surface area contributed by atoms with Crippen molar-refractivity contribution < 1.29 is 4.39 Å². The van der Waals surface area contributed by atoms with Gasteiger partial charge in [-0.05, 0) is 42.5 Å². The van der Waals surface area contributed by atoms with Crippen molar-refractivity contribution >= 4 is 0 Å². The number of aromatic nitrogens is 3. The lowest BCUT2D eigenvalue weighted by atomic mass is 9.96. The van der Waals surface area contributed by atoms with Gasteiger partial charge in [-0.3, -0.25) is 0 Å². The van der Waals surface area contributed by atoms with Gasteiger partial charge in [-0.15, -0.1) is 0 Å². The Morgan fingerprint density at radius 3 is 2.76 bits per heavy atom. The summed E-state index contributed by atoms with van der Waals surface area (Å²) in [5.41, 5.74) is 6.85. The first-order valence-corrected chi connectivity index (χ1v) is 7.39. The average Bonchev–Trinajstić information content (AvgIpc) is 2.84. The Morgan fingerprint density at radius 2 is 2.10 bits per heavy atom. The summed E-state index contributed by atoms with van der Waals surface area (Å²) in [4.78, 5) is 4.34. The molecule has 0 radical (unpaired) electrons. The first kappa shape index (κ1) is 15.6. The first-order valence-electron chi connectivity index (χ1n) is 7.39. The van der Waals surface area contributed by atoms with E-state index in [0.29, 0.717) is 12.5 Å². The van der Waals surface area contributed by atoms with Gasteiger partial charge in [0.05, 0.1) is 0 Å². The van der Waals surface area contributed by atoms with Crippen molar-refractivity contribution in [2.45, 2.75) is 33.2 Å². The number of hydrogen-bond donors (Lipinski definition) is 1. The van der Waals surface area contributed by atoms with E-state index in [2.05, 4.69) is 23.9 Å². The van der Waals surface area contributed by atoms with Gasteiger partial charge in [-0.1, -0.05) is 26.0 Å². The highest BCUT2D eigenvalue weighted by molar-refractivity contribution is 5.17. The molecular formula is C16H23FN4. The van der Waals surface area contributed by atoms with E-state index in [1.807, 2.05) is 10.7 Å².